The fourth-order valence-electron chi connectivity index (χ4n) is 2.51. The lowest BCUT2D eigenvalue weighted by atomic mass is 10.1. The molecule has 0 saturated heterocycles. The minimum Gasteiger partial charge on any atom is -0.465 e. The lowest BCUT2D eigenvalue weighted by molar-refractivity contribution is 0.0599. The first-order valence-electron chi connectivity index (χ1n) is 7.02. The molecule has 1 N–H and O–H groups in total. The molecule has 0 fully saturated rings. The van der Waals surface area contributed by atoms with E-state index in [0.717, 1.165) is 5.69 Å². The van der Waals surface area contributed by atoms with Gasteiger partial charge >= 0.3 is 5.97 Å². The molecular weight excluding hydrogens is 280 g/mol. The molecule has 0 spiro atoms. The van der Waals surface area contributed by atoms with Crippen LogP contribution in [0.2, 0.25) is 0 Å². The molecule has 0 bridgehead atoms. The van der Waals surface area contributed by atoms with E-state index in [0.29, 0.717) is 22.5 Å². The Hall–Kier alpha value is -2.56. The summed E-state index contributed by atoms with van der Waals surface area (Å²) in [5, 5.41) is 0. The number of likely N-dealkylation sites (N-methyl/N-ethyl adjacent to an activating group) is 1. The normalized spacial score (nSPS) is 10.4. The summed E-state index contributed by atoms with van der Waals surface area (Å²) in [5.41, 5.74) is 3.14. The molecule has 0 radical (unpaired) electrons. The predicted octanol–water partition coefficient (Wildman–Crippen LogP) is 2.74. The Kier molecular flexibility index (Phi) is 4.65. The number of esters is 1. The highest BCUT2D eigenvalue weighted by atomic mass is 16.5. The van der Waals surface area contributed by atoms with Crippen LogP contribution in [-0.2, 0) is 4.74 Å². The standard InChI is InChI=1S/C17H20N2O3/c1-11-15(17(21)22-4)12(2)18-16(11)14(20)10-19(3)13-8-6-5-7-9-13/h5-9,18H,10H2,1-4H3. The van der Waals surface area contributed by atoms with Crippen LogP contribution in [-0.4, -0.2) is 37.4 Å². The Bertz CT molecular complexity index is 689. The molecule has 1 aromatic heterocycles. The molecule has 22 heavy (non-hydrogen) atoms. The summed E-state index contributed by atoms with van der Waals surface area (Å²) in [6.07, 6.45) is 0. The summed E-state index contributed by atoms with van der Waals surface area (Å²) in [6.45, 7) is 3.74. The van der Waals surface area contributed by atoms with Gasteiger partial charge in [-0.05, 0) is 31.5 Å². The van der Waals surface area contributed by atoms with Crippen molar-refractivity contribution in [2.45, 2.75) is 13.8 Å². The molecule has 2 aromatic rings. The van der Waals surface area contributed by atoms with Crippen molar-refractivity contribution in [2.24, 2.45) is 0 Å². The SMILES string of the molecule is COC(=O)c1c(C)[nH]c(C(=O)CN(C)c2ccccc2)c1C. The van der Waals surface area contributed by atoms with Gasteiger partial charge in [-0.3, -0.25) is 4.79 Å². The summed E-state index contributed by atoms with van der Waals surface area (Å²) in [7, 11) is 3.19. The van der Waals surface area contributed by atoms with Gasteiger partial charge in [0.05, 0.1) is 24.9 Å². The van der Waals surface area contributed by atoms with Crippen LogP contribution >= 0.6 is 0 Å². The van der Waals surface area contributed by atoms with Crippen LogP contribution < -0.4 is 4.90 Å². The summed E-state index contributed by atoms with van der Waals surface area (Å²) in [6, 6.07) is 9.67. The van der Waals surface area contributed by atoms with Gasteiger partial charge in [-0.2, -0.15) is 0 Å². The van der Waals surface area contributed by atoms with Crippen LogP contribution in [0.15, 0.2) is 30.3 Å². The number of ketones is 1. The van der Waals surface area contributed by atoms with Gasteiger partial charge in [0.25, 0.3) is 0 Å². The van der Waals surface area contributed by atoms with Crippen molar-refractivity contribution in [2.75, 3.05) is 25.6 Å². The average Bonchev–Trinajstić information content (AvgIpc) is 2.82. The number of benzene rings is 1. The quantitative estimate of drug-likeness (QED) is 0.681. The smallest absolute Gasteiger partial charge is 0.339 e. The molecule has 0 saturated carbocycles. The third-order valence-corrected chi connectivity index (χ3v) is 3.68. The lowest BCUT2D eigenvalue weighted by Crippen LogP contribution is -2.26. The first-order chi connectivity index (χ1) is 10.5. The number of methoxy groups -OCH3 is 1. The minimum atomic E-state index is -0.429. The number of hydrogen-bond acceptors (Lipinski definition) is 4. The monoisotopic (exact) mass is 300 g/mol. The van der Waals surface area contributed by atoms with Gasteiger partial charge in [-0.25, -0.2) is 4.79 Å². The number of H-pyrrole nitrogens is 1. The fraction of sp³-hybridized carbons (Fsp3) is 0.294. The van der Waals surface area contributed by atoms with Crippen molar-refractivity contribution in [3.63, 3.8) is 0 Å². The van der Waals surface area contributed by atoms with Crippen LogP contribution in [0.4, 0.5) is 5.69 Å². The van der Waals surface area contributed by atoms with E-state index in [-0.39, 0.29) is 12.3 Å². The van der Waals surface area contributed by atoms with Crippen LogP contribution in [0.3, 0.4) is 0 Å². The summed E-state index contributed by atoms with van der Waals surface area (Å²) >= 11 is 0. The summed E-state index contributed by atoms with van der Waals surface area (Å²) in [4.78, 5) is 29.1. The number of rotatable bonds is 5. The van der Waals surface area contributed by atoms with Crippen molar-refractivity contribution >= 4 is 17.4 Å². The molecule has 1 heterocycles. The number of nitrogens with one attached hydrogen (secondary N) is 1. The van der Waals surface area contributed by atoms with Gasteiger partial charge in [0.15, 0.2) is 5.78 Å². The molecule has 5 nitrogen and oxygen atoms in total. The van der Waals surface area contributed by atoms with Crippen LogP contribution in [0.5, 0.6) is 0 Å². The Morgan fingerprint density at radius 3 is 2.41 bits per heavy atom. The first kappa shape index (κ1) is 15.8. The van der Waals surface area contributed by atoms with Crippen molar-refractivity contribution in [3.05, 3.63) is 52.8 Å². The van der Waals surface area contributed by atoms with E-state index >= 15 is 0 Å². The van der Waals surface area contributed by atoms with Gasteiger partial charge in [0.1, 0.15) is 0 Å². The molecule has 1 aromatic carbocycles. The second kappa shape index (κ2) is 6.47. The van der Waals surface area contributed by atoms with Crippen LogP contribution in [0.1, 0.15) is 32.1 Å². The maximum absolute atomic E-state index is 12.5. The number of nitrogens with zero attached hydrogens (tertiary/aromatic N) is 1. The molecule has 5 heteroatoms. The molecule has 2 rings (SSSR count). The van der Waals surface area contributed by atoms with E-state index in [9.17, 15) is 9.59 Å². The zero-order chi connectivity index (χ0) is 16.3. The molecule has 0 aliphatic rings. The highest BCUT2D eigenvalue weighted by Gasteiger charge is 2.23. The number of hydrogen-bond donors (Lipinski definition) is 1. The maximum atomic E-state index is 12.5. The molecule has 0 amide bonds. The number of carbonyl (C=O) groups is 2. The molecule has 0 atom stereocenters. The predicted molar refractivity (Wildman–Crippen MR) is 85.6 cm³/mol. The minimum absolute atomic E-state index is 0.0675. The molecule has 116 valence electrons. The highest BCUT2D eigenvalue weighted by molar-refractivity contribution is 6.03. The molecular formula is C17H20N2O3. The van der Waals surface area contributed by atoms with Gasteiger partial charge in [0.2, 0.25) is 0 Å². The average molecular weight is 300 g/mol. The number of carbonyl (C=O) groups excluding carboxylic acids is 2. The lowest BCUT2D eigenvalue weighted by Gasteiger charge is -2.18. The largest absolute Gasteiger partial charge is 0.465 e. The zero-order valence-corrected chi connectivity index (χ0v) is 13.3. The Balaban J connectivity index is 2.22. The topological polar surface area (TPSA) is 62.4 Å². The van der Waals surface area contributed by atoms with E-state index in [1.165, 1.54) is 7.11 Å². The van der Waals surface area contributed by atoms with Gasteiger partial charge in [-0.15, -0.1) is 0 Å². The van der Waals surface area contributed by atoms with Gasteiger partial charge < -0.3 is 14.6 Å². The molecule has 0 aliphatic carbocycles. The van der Waals surface area contributed by atoms with Gasteiger partial charge in [0, 0.05) is 18.4 Å². The number of para-hydroxylation sites is 1. The number of aryl methyl sites for hydroxylation is 1. The van der Waals surface area contributed by atoms with E-state index in [1.807, 2.05) is 42.3 Å². The summed E-state index contributed by atoms with van der Waals surface area (Å²) < 4.78 is 4.76. The van der Waals surface area contributed by atoms with Crippen LogP contribution in [0.25, 0.3) is 0 Å². The Labute approximate surface area is 129 Å². The maximum Gasteiger partial charge on any atom is 0.339 e. The Morgan fingerprint density at radius 1 is 1.18 bits per heavy atom. The van der Waals surface area contributed by atoms with Gasteiger partial charge in [-0.1, -0.05) is 18.2 Å². The third kappa shape index (κ3) is 3.03. The number of anilines is 1. The second-order valence-electron chi connectivity index (χ2n) is 5.23. The van der Waals surface area contributed by atoms with E-state index in [1.54, 1.807) is 13.8 Å². The van der Waals surface area contributed by atoms with Crippen LogP contribution in [0, 0.1) is 13.8 Å². The second-order valence-corrected chi connectivity index (χ2v) is 5.23. The van der Waals surface area contributed by atoms with E-state index < -0.39 is 5.97 Å². The fourth-order valence-corrected chi connectivity index (χ4v) is 2.51. The molecule has 0 aliphatic heterocycles. The number of Topliss-reactive ketones (excluding diaryl/α,β-unsaturated/α-hetero) is 1. The van der Waals surface area contributed by atoms with Crippen molar-refractivity contribution in [1.82, 2.24) is 4.98 Å². The third-order valence-electron chi connectivity index (χ3n) is 3.68. The van der Waals surface area contributed by atoms with Crippen molar-refractivity contribution in [3.8, 4) is 0 Å². The van der Waals surface area contributed by atoms with E-state index in [2.05, 4.69) is 4.98 Å². The summed E-state index contributed by atoms with van der Waals surface area (Å²) in [5.74, 6) is -0.496. The zero-order valence-electron chi connectivity index (χ0n) is 13.3. The van der Waals surface area contributed by atoms with Crippen molar-refractivity contribution < 1.29 is 14.3 Å². The Morgan fingerprint density at radius 2 is 1.82 bits per heavy atom. The van der Waals surface area contributed by atoms with Crippen molar-refractivity contribution in [1.29, 1.82) is 0 Å². The number of ether oxygens (including phenoxy) is 1. The molecule has 0 unspecified atom stereocenters. The highest BCUT2D eigenvalue weighted by Crippen LogP contribution is 2.20. The first-order valence-corrected chi connectivity index (χ1v) is 7.02. The number of aromatic nitrogens is 1. The number of aromatic amines is 1. The van der Waals surface area contributed by atoms with E-state index in [4.69, 9.17) is 4.74 Å².